The predicted octanol–water partition coefficient (Wildman–Crippen LogP) is 4.00. The molecular formula is C21H27N7O. The fourth-order valence-corrected chi connectivity index (χ4v) is 4.14. The van der Waals surface area contributed by atoms with E-state index in [4.69, 9.17) is 20.8 Å². The van der Waals surface area contributed by atoms with E-state index in [-0.39, 0.29) is 12.5 Å². The first-order valence-electron chi connectivity index (χ1n) is 10.2. The molecule has 1 aliphatic rings. The lowest BCUT2D eigenvalue weighted by molar-refractivity contribution is 0.117. The van der Waals surface area contributed by atoms with E-state index < -0.39 is 0 Å². The molecule has 1 aliphatic carbocycles. The van der Waals surface area contributed by atoms with Crippen LogP contribution in [0.2, 0.25) is 0 Å². The van der Waals surface area contributed by atoms with E-state index in [1.54, 1.807) is 6.20 Å². The van der Waals surface area contributed by atoms with Crippen LogP contribution in [-0.2, 0) is 11.4 Å². The van der Waals surface area contributed by atoms with Crippen molar-refractivity contribution in [3.8, 4) is 6.07 Å². The van der Waals surface area contributed by atoms with Gasteiger partial charge in [0.05, 0.1) is 17.8 Å². The highest BCUT2D eigenvalue weighted by Gasteiger charge is 2.27. The van der Waals surface area contributed by atoms with Gasteiger partial charge in [-0.3, -0.25) is 0 Å². The molecule has 0 bridgehead atoms. The number of aromatic amines is 1. The summed E-state index contributed by atoms with van der Waals surface area (Å²) in [6.45, 7) is 4.21. The Balaban J connectivity index is 1.70. The van der Waals surface area contributed by atoms with Gasteiger partial charge >= 0.3 is 0 Å². The minimum absolute atomic E-state index is 0.132. The molecule has 0 unspecified atom stereocenters. The van der Waals surface area contributed by atoms with E-state index in [1.165, 1.54) is 0 Å². The molecule has 3 aromatic rings. The largest absolute Gasteiger partial charge is 0.386 e. The van der Waals surface area contributed by atoms with Gasteiger partial charge in [0, 0.05) is 30.0 Å². The van der Waals surface area contributed by atoms with Gasteiger partial charge in [-0.1, -0.05) is 19.0 Å². The van der Waals surface area contributed by atoms with Gasteiger partial charge in [0.25, 0.3) is 0 Å². The minimum atomic E-state index is 0.132. The summed E-state index contributed by atoms with van der Waals surface area (Å²) in [5, 5.41) is 14.1. The Labute approximate surface area is 169 Å². The maximum Gasteiger partial charge on any atom is 0.174 e. The van der Waals surface area contributed by atoms with Crippen LogP contribution in [0.5, 0.6) is 0 Å². The summed E-state index contributed by atoms with van der Waals surface area (Å²) in [6, 6.07) is 4.68. The standard InChI is InChI=1S/C21H27N7O/c1-13(2)20(23)27-29-12-18-26-17-11-25-21-16(8-10-24-21)19(17)28(18)15-5-3-14(4-6-15)7-9-22/h8,10-11,13-15H,3-7,12H2,1-2H3,(H2,23,27)(H,24,25)/t14-,15-. The first kappa shape index (κ1) is 19.2. The third-order valence-electron chi connectivity index (χ3n) is 5.82. The predicted molar refractivity (Wildman–Crippen MR) is 112 cm³/mol. The van der Waals surface area contributed by atoms with Crippen LogP contribution in [0.25, 0.3) is 22.1 Å². The minimum Gasteiger partial charge on any atom is -0.386 e. The lowest BCUT2D eigenvalue weighted by Gasteiger charge is -2.29. The Morgan fingerprint density at radius 3 is 2.93 bits per heavy atom. The van der Waals surface area contributed by atoms with E-state index in [0.717, 1.165) is 53.6 Å². The molecule has 4 rings (SSSR count). The normalized spacial score (nSPS) is 20.4. The summed E-state index contributed by atoms with van der Waals surface area (Å²) in [5.41, 5.74) is 8.69. The van der Waals surface area contributed by atoms with Crippen LogP contribution in [0.4, 0.5) is 0 Å². The summed E-state index contributed by atoms with van der Waals surface area (Å²) < 4.78 is 2.30. The molecule has 0 amide bonds. The first-order valence-corrected chi connectivity index (χ1v) is 10.2. The van der Waals surface area contributed by atoms with Gasteiger partial charge in [-0.05, 0) is 37.7 Å². The number of pyridine rings is 1. The monoisotopic (exact) mass is 393 g/mol. The van der Waals surface area contributed by atoms with Crippen LogP contribution in [0.15, 0.2) is 23.6 Å². The molecule has 152 valence electrons. The molecule has 1 fully saturated rings. The van der Waals surface area contributed by atoms with Gasteiger partial charge in [0.2, 0.25) is 0 Å². The van der Waals surface area contributed by atoms with E-state index in [0.29, 0.717) is 24.2 Å². The van der Waals surface area contributed by atoms with E-state index in [1.807, 2.05) is 26.1 Å². The summed E-state index contributed by atoms with van der Waals surface area (Å²) >= 11 is 0. The second kappa shape index (κ2) is 8.11. The first-order chi connectivity index (χ1) is 14.1. The Morgan fingerprint density at radius 2 is 2.21 bits per heavy atom. The third kappa shape index (κ3) is 3.77. The molecule has 0 atom stereocenters. The highest BCUT2D eigenvalue weighted by molar-refractivity contribution is 6.01. The van der Waals surface area contributed by atoms with Crippen LogP contribution in [-0.4, -0.2) is 25.4 Å². The van der Waals surface area contributed by atoms with Crippen molar-refractivity contribution in [3.63, 3.8) is 0 Å². The fourth-order valence-electron chi connectivity index (χ4n) is 4.14. The van der Waals surface area contributed by atoms with Gasteiger partial charge in [-0.2, -0.15) is 5.26 Å². The average Bonchev–Trinajstić information content (AvgIpc) is 3.32. The molecule has 3 N–H and O–H groups in total. The Hall–Kier alpha value is -3.08. The van der Waals surface area contributed by atoms with Gasteiger partial charge in [-0.25, -0.2) is 9.97 Å². The lowest BCUT2D eigenvalue weighted by atomic mass is 9.84. The zero-order valence-electron chi connectivity index (χ0n) is 16.9. The number of imidazole rings is 1. The number of aromatic nitrogens is 4. The third-order valence-corrected chi connectivity index (χ3v) is 5.82. The van der Waals surface area contributed by atoms with Gasteiger partial charge in [0.1, 0.15) is 17.0 Å². The molecule has 0 aliphatic heterocycles. The van der Waals surface area contributed by atoms with Crippen molar-refractivity contribution >= 4 is 27.9 Å². The van der Waals surface area contributed by atoms with Crippen molar-refractivity contribution < 1.29 is 4.84 Å². The summed E-state index contributed by atoms with van der Waals surface area (Å²) in [4.78, 5) is 18.0. The van der Waals surface area contributed by atoms with Crippen molar-refractivity contribution in [2.75, 3.05) is 0 Å². The van der Waals surface area contributed by atoms with Crippen LogP contribution >= 0.6 is 0 Å². The Morgan fingerprint density at radius 1 is 1.41 bits per heavy atom. The highest BCUT2D eigenvalue weighted by Crippen LogP contribution is 2.38. The molecule has 3 aromatic heterocycles. The van der Waals surface area contributed by atoms with Crippen LogP contribution in [0.1, 0.15) is 57.8 Å². The maximum atomic E-state index is 9.01. The number of H-pyrrole nitrogens is 1. The van der Waals surface area contributed by atoms with E-state index in [9.17, 15) is 0 Å². The molecule has 1 saturated carbocycles. The molecule has 0 radical (unpaired) electrons. The molecule has 0 saturated heterocycles. The zero-order valence-corrected chi connectivity index (χ0v) is 16.9. The van der Waals surface area contributed by atoms with Crippen LogP contribution < -0.4 is 5.73 Å². The SMILES string of the molecule is CC(C)/C(N)=N/OCc1nc2cnc3[nH]ccc3c2n1[C@H]1CC[C@H](CC#N)CC1. The number of amidine groups is 1. The molecule has 8 heteroatoms. The fraction of sp³-hybridized carbons (Fsp3) is 0.524. The number of hydrogen-bond acceptors (Lipinski definition) is 5. The number of nitrogens with one attached hydrogen (secondary N) is 1. The van der Waals surface area contributed by atoms with Crippen molar-refractivity contribution in [3.05, 3.63) is 24.3 Å². The highest BCUT2D eigenvalue weighted by atomic mass is 16.6. The number of nitrogens with two attached hydrogens (primary N) is 1. The number of fused-ring (bicyclic) bond motifs is 3. The maximum absolute atomic E-state index is 9.01. The lowest BCUT2D eigenvalue weighted by Crippen LogP contribution is -2.21. The van der Waals surface area contributed by atoms with Crippen LogP contribution in [0, 0.1) is 23.2 Å². The van der Waals surface area contributed by atoms with Crippen molar-refractivity contribution in [2.24, 2.45) is 22.7 Å². The number of nitriles is 1. The number of oxime groups is 1. The number of rotatable bonds is 6. The Kier molecular flexibility index (Phi) is 5.38. The molecule has 29 heavy (non-hydrogen) atoms. The number of nitrogens with zero attached hydrogens (tertiary/aromatic N) is 5. The van der Waals surface area contributed by atoms with Crippen molar-refractivity contribution in [1.82, 2.24) is 19.5 Å². The molecule has 0 spiro atoms. The van der Waals surface area contributed by atoms with E-state index >= 15 is 0 Å². The molecule has 3 heterocycles. The zero-order chi connectivity index (χ0) is 20.4. The second-order valence-corrected chi connectivity index (χ2v) is 8.11. The Bertz CT molecular complexity index is 1060. The van der Waals surface area contributed by atoms with Gasteiger partial charge in [0.15, 0.2) is 12.4 Å². The van der Waals surface area contributed by atoms with E-state index in [2.05, 4.69) is 25.8 Å². The molecule has 8 nitrogen and oxygen atoms in total. The molecule has 0 aromatic carbocycles. The summed E-state index contributed by atoms with van der Waals surface area (Å²) in [7, 11) is 0. The van der Waals surface area contributed by atoms with Gasteiger partial charge < -0.3 is 20.1 Å². The average molecular weight is 393 g/mol. The summed E-state index contributed by atoms with van der Waals surface area (Å²) in [5.74, 6) is 1.93. The van der Waals surface area contributed by atoms with Gasteiger partial charge in [-0.15, -0.1) is 0 Å². The molecular weight excluding hydrogens is 366 g/mol. The topological polar surface area (TPSA) is 118 Å². The summed E-state index contributed by atoms with van der Waals surface area (Å²) in [6.07, 6.45) is 8.51. The smallest absolute Gasteiger partial charge is 0.174 e. The number of hydrogen-bond donors (Lipinski definition) is 2. The van der Waals surface area contributed by atoms with Crippen molar-refractivity contribution in [2.45, 2.75) is 58.6 Å². The van der Waals surface area contributed by atoms with Crippen LogP contribution in [0.3, 0.4) is 0 Å². The quantitative estimate of drug-likeness (QED) is 0.373. The van der Waals surface area contributed by atoms with Crippen molar-refractivity contribution in [1.29, 1.82) is 5.26 Å². The second-order valence-electron chi connectivity index (χ2n) is 8.11.